The summed E-state index contributed by atoms with van der Waals surface area (Å²) in [5.74, 6) is 1.55. The predicted molar refractivity (Wildman–Crippen MR) is 81.7 cm³/mol. The van der Waals surface area contributed by atoms with Gasteiger partial charge in [0, 0.05) is 23.0 Å². The second-order valence-electron chi connectivity index (χ2n) is 5.61. The van der Waals surface area contributed by atoms with Gasteiger partial charge in [-0.05, 0) is 32.0 Å². The Hall–Kier alpha value is -1.63. The molecule has 0 saturated heterocycles. The maximum absolute atomic E-state index is 9.24. The molecule has 0 bridgehead atoms. The zero-order chi connectivity index (χ0) is 14.9. The first-order valence-electron chi connectivity index (χ1n) is 6.78. The molecule has 1 aromatic carbocycles. The molecule has 3 rings (SSSR count). The van der Waals surface area contributed by atoms with Crippen LogP contribution in [0.3, 0.4) is 0 Å². The molecule has 5 nitrogen and oxygen atoms in total. The molecule has 112 valence electrons. The summed E-state index contributed by atoms with van der Waals surface area (Å²) < 4.78 is 10.7. The summed E-state index contributed by atoms with van der Waals surface area (Å²) in [6, 6.07) is 5.85. The molecule has 0 unspecified atom stereocenters. The smallest absolute Gasteiger partial charge is 0.231 e. The van der Waals surface area contributed by atoms with Crippen molar-refractivity contribution in [1.82, 2.24) is 10.3 Å². The van der Waals surface area contributed by atoms with Gasteiger partial charge in [-0.25, -0.2) is 4.98 Å². The normalized spacial score (nSPS) is 13.7. The Balaban J connectivity index is 1.73. The molecule has 1 aliphatic heterocycles. The average molecular weight is 306 g/mol. The van der Waals surface area contributed by atoms with Crippen molar-refractivity contribution < 1.29 is 14.6 Å². The maximum Gasteiger partial charge on any atom is 0.231 e. The van der Waals surface area contributed by atoms with Crippen LogP contribution in [0.25, 0.3) is 10.6 Å². The third kappa shape index (κ3) is 3.18. The molecule has 0 fully saturated rings. The van der Waals surface area contributed by atoms with Gasteiger partial charge in [0.15, 0.2) is 11.5 Å². The van der Waals surface area contributed by atoms with Crippen LogP contribution in [0.5, 0.6) is 11.5 Å². The number of nitrogens with zero attached hydrogens (tertiary/aromatic N) is 1. The lowest BCUT2D eigenvalue weighted by atomic mass is 10.1. The van der Waals surface area contributed by atoms with E-state index < -0.39 is 0 Å². The Morgan fingerprint density at radius 2 is 2.14 bits per heavy atom. The molecule has 0 saturated carbocycles. The minimum Gasteiger partial charge on any atom is -0.454 e. The lowest BCUT2D eigenvalue weighted by molar-refractivity contribution is 0.174. The fourth-order valence-electron chi connectivity index (χ4n) is 1.94. The molecular weight excluding hydrogens is 288 g/mol. The number of aromatic nitrogens is 1. The number of nitrogens with one attached hydrogen (secondary N) is 1. The summed E-state index contributed by atoms with van der Waals surface area (Å²) >= 11 is 1.60. The van der Waals surface area contributed by atoms with E-state index in [1.807, 2.05) is 37.4 Å². The second-order valence-corrected chi connectivity index (χ2v) is 6.47. The van der Waals surface area contributed by atoms with Crippen LogP contribution in [0.4, 0.5) is 0 Å². The minimum absolute atomic E-state index is 0.0894. The predicted octanol–water partition coefficient (Wildman–Crippen LogP) is 2.40. The van der Waals surface area contributed by atoms with E-state index in [2.05, 4.69) is 10.3 Å². The van der Waals surface area contributed by atoms with Gasteiger partial charge in [-0.15, -0.1) is 11.3 Å². The van der Waals surface area contributed by atoms with Gasteiger partial charge in [0.05, 0.1) is 12.3 Å². The highest BCUT2D eigenvalue weighted by Gasteiger charge is 2.17. The first kappa shape index (κ1) is 14.3. The summed E-state index contributed by atoms with van der Waals surface area (Å²) in [6.45, 7) is 4.92. The number of hydrogen-bond donors (Lipinski definition) is 2. The SMILES string of the molecule is CC(C)(CO)NCc1csc(-c2ccc3c(c2)OCO3)n1. The Kier molecular flexibility index (Phi) is 3.84. The molecule has 1 aliphatic rings. The van der Waals surface area contributed by atoms with Gasteiger partial charge in [0.25, 0.3) is 0 Å². The van der Waals surface area contributed by atoms with Crippen molar-refractivity contribution in [3.8, 4) is 22.1 Å². The van der Waals surface area contributed by atoms with Crippen LogP contribution in [0.2, 0.25) is 0 Å². The van der Waals surface area contributed by atoms with Gasteiger partial charge >= 0.3 is 0 Å². The number of fused-ring (bicyclic) bond motifs is 1. The fourth-order valence-corrected chi connectivity index (χ4v) is 2.75. The highest BCUT2D eigenvalue weighted by molar-refractivity contribution is 7.13. The van der Waals surface area contributed by atoms with Gasteiger partial charge in [-0.3, -0.25) is 0 Å². The van der Waals surface area contributed by atoms with Crippen molar-refractivity contribution >= 4 is 11.3 Å². The molecule has 0 aliphatic carbocycles. The molecule has 6 heteroatoms. The Labute approximate surface area is 127 Å². The van der Waals surface area contributed by atoms with Crippen molar-refractivity contribution in [2.45, 2.75) is 25.9 Å². The number of aliphatic hydroxyl groups is 1. The van der Waals surface area contributed by atoms with Crippen LogP contribution >= 0.6 is 11.3 Å². The first-order valence-corrected chi connectivity index (χ1v) is 7.66. The molecule has 2 N–H and O–H groups in total. The molecule has 2 heterocycles. The molecule has 21 heavy (non-hydrogen) atoms. The van der Waals surface area contributed by atoms with Gasteiger partial charge in [-0.2, -0.15) is 0 Å². The van der Waals surface area contributed by atoms with Gasteiger partial charge in [0.1, 0.15) is 5.01 Å². The third-order valence-corrected chi connectivity index (χ3v) is 4.25. The third-order valence-electron chi connectivity index (χ3n) is 3.31. The van der Waals surface area contributed by atoms with Crippen molar-refractivity contribution in [3.63, 3.8) is 0 Å². The fraction of sp³-hybridized carbons (Fsp3) is 0.400. The lowest BCUT2D eigenvalue weighted by Crippen LogP contribution is -2.42. The standard InChI is InChI=1S/C15H18N2O3S/c1-15(2,8-18)16-6-11-7-21-14(17-11)10-3-4-12-13(5-10)20-9-19-12/h3-5,7,16,18H,6,8-9H2,1-2H3. The van der Waals surface area contributed by atoms with E-state index in [-0.39, 0.29) is 18.9 Å². The number of ether oxygens (including phenoxy) is 2. The summed E-state index contributed by atoms with van der Waals surface area (Å²) in [6.07, 6.45) is 0. The van der Waals surface area contributed by atoms with Crippen LogP contribution < -0.4 is 14.8 Å². The molecule has 0 amide bonds. The molecular formula is C15H18N2O3S. The van der Waals surface area contributed by atoms with E-state index in [9.17, 15) is 5.11 Å². The van der Waals surface area contributed by atoms with Crippen molar-refractivity contribution in [1.29, 1.82) is 0 Å². The van der Waals surface area contributed by atoms with Crippen LogP contribution in [-0.4, -0.2) is 29.0 Å². The number of rotatable bonds is 5. The number of aliphatic hydroxyl groups excluding tert-OH is 1. The van der Waals surface area contributed by atoms with Gasteiger partial charge in [-0.1, -0.05) is 0 Å². The average Bonchev–Trinajstić information content (AvgIpc) is 3.13. The van der Waals surface area contributed by atoms with Gasteiger partial charge < -0.3 is 19.9 Å². The maximum atomic E-state index is 9.24. The molecule has 0 radical (unpaired) electrons. The quantitative estimate of drug-likeness (QED) is 0.888. The van der Waals surface area contributed by atoms with E-state index in [4.69, 9.17) is 9.47 Å². The van der Waals surface area contributed by atoms with Gasteiger partial charge in [0.2, 0.25) is 6.79 Å². The van der Waals surface area contributed by atoms with Crippen molar-refractivity contribution in [3.05, 3.63) is 29.3 Å². The number of hydrogen-bond acceptors (Lipinski definition) is 6. The zero-order valence-electron chi connectivity index (χ0n) is 12.0. The second kappa shape index (κ2) is 5.63. The van der Waals surface area contributed by atoms with E-state index in [0.717, 1.165) is 27.8 Å². The van der Waals surface area contributed by atoms with Crippen LogP contribution in [-0.2, 0) is 6.54 Å². The Morgan fingerprint density at radius 3 is 2.95 bits per heavy atom. The lowest BCUT2D eigenvalue weighted by Gasteiger charge is -2.22. The molecule has 2 aromatic rings. The van der Waals surface area contributed by atoms with Crippen molar-refractivity contribution in [2.24, 2.45) is 0 Å². The highest BCUT2D eigenvalue weighted by Crippen LogP contribution is 2.36. The van der Waals surface area contributed by atoms with Crippen LogP contribution in [0.1, 0.15) is 19.5 Å². The minimum atomic E-state index is -0.303. The summed E-state index contributed by atoms with van der Waals surface area (Å²) in [4.78, 5) is 4.62. The molecule has 0 atom stereocenters. The Morgan fingerprint density at radius 1 is 1.33 bits per heavy atom. The van der Waals surface area contributed by atoms with Crippen molar-refractivity contribution in [2.75, 3.05) is 13.4 Å². The molecule has 0 spiro atoms. The monoisotopic (exact) mass is 306 g/mol. The summed E-state index contributed by atoms with van der Waals surface area (Å²) in [5, 5.41) is 15.5. The van der Waals surface area contributed by atoms with E-state index in [1.54, 1.807) is 11.3 Å². The van der Waals surface area contributed by atoms with E-state index in [1.165, 1.54) is 0 Å². The number of benzene rings is 1. The zero-order valence-corrected chi connectivity index (χ0v) is 12.9. The summed E-state index contributed by atoms with van der Waals surface area (Å²) in [7, 11) is 0. The Bertz CT molecular complexity index is 640. The van der Waals surface area contributed by atoms with E-state index >= 15 is 0 Å². The number of thiazole rings is 1. The van der Waals surface area contributed by atoms with Crippen LogP contribution in [0.15, 0.2) is 23.6 Å². The topological polar surface area (TPSA) is 63.6 Å². The molecule has 1 aromatic heterocycles. The highest BCUT2D eigenvalue weighted by atomic mass is 32.1. The van der Waals surface area contributed by atoms with E-state index in [0.29, 0.717) is 6.54 Å². The first-order chi connectivity index (χ1) is 10.1. The largest absolute Gasteiger partial charge is 0.454 e. The summed E-state index contributed by atoms with van der Waals surface area (Å²) in [5.41, 5.74) is 1.69. The van der Waals surface area contributed by atoms with Crippen LogP contribution in [0, 0.1) is 0 Å².